The van der Waals surface area contributed by atoms with Gasteiger partial charge in [-0.25, -0.2) is 4.68 Å². The molecule has 34 heavy (non-hydrogen) atoms. The first-order valence-corrected chi connectivity index (χ1v) is 12.1. The molecule has 0 aliphatic carbocycles. The molecule has 1 unspecified atom stereocenters. The van der Waals surface area contributed by atoms with E-state index in [2.05, 4.69) is 10.3 Å². The van der Waals surface area contributed by atoms with Crippen LogP contribution in [0.3, 0.4) is 0 Å². The Labute approximate surface area is 206 Å². The zero-order valence-electron chi connectivity index (χ0n) is 19.2. The SMILES string of the molecule is CCn1nnc2c(C)c(C(CC(=O)O)c3cc(COCc4ccc(OC)cc4)c(Cl)s3)ccc21. The molecule has 0 aliphatic rings. The average molecular weight is 500 g/mol. The molecule has 2 aromatic carbocycles. The number of halogens is 1. The summed E-state index contributed by atoms with van der Waals surface area (Å²) in [5.74, 6) is -0.417. The van der Waals surface area contributed by atoms with E-state index in [0.717, 1.165) is 43.9 Å². The van der Waals surface area contributed by atoms with Crippen molar-refractivity contribution in [2.24, 2.45) is 0 Å². The molecule has 1 atom stereocenters. The number of hydrogen-bond donors (Lipinski definition) is 1. The van der Waals surface area contributed by atoms with E-state index in [4.69, 9.17) is 21.1 Å². The van der Waals surface area contributed by atoms with Gasteiger partial charge in [0.1, 0.15) is 11.3 Å². The maximum Gasteiger partial charge on any atom is 0.304 e. The summed E-state index contributed by atoms with van der Waals surface area (Å²) in [5, 5.41) is 18.2. The van der Waals surface area contributed by atoms with Gasteiger partial charge in [0.05, 0.1) is 36.6 Å². The van der Waals surface area contributed by atoms with Crippen molar-refractivity contribution in [3.05, 3.63) is 73.9 Å². The molecule has 178 valence electrons. The van der Waals surface area contributed by atoms with E-state index in [-0.39, 0.29) is 12.3 Å². The third-order valence-corrected chi connectivity index (χ3v) is 7.39. The van der Waals surface area contributed by atoms with Crippen molar-refractivity contribution in [3.8, 4) is 5.75 Å². The molecule has 2 aromatic heterocycles. The third-order valence-electron chi connectivity index (χ3n) is 5.84. The third kappa shape index (κ3) is 5.09. The Morgan fingerprint density at radius 2 is 1.97 bits per heavy atom. The van der Waals surface area contributed by atoms with Gasteiger partial charge in [0.2, 0.25) is 0 Å². The average Bonchev–Trinajstić information content (AvgIpc) is 3.42. The lowest BCUT2D eigenvalue weighted by molar-refractivity contribution is -0.137. The zero-order valence-corrected chi connectivity index (χ0v) is 20.8. The van der Waals surface area contributed by atoms with Crippen LogP contribution in [-0.2, 0) is 29.3 Å². The Kier molecular flexibility index (Phi) is 7.50. The van der Waals surface area contributed by atoms with Gasteiger partial charge in [0.25, 0.3) is 0 Å². The van der Waals surface area contributed by atoms with Crippen LogP contribution in [0.1, 0.15) is 46.4 Å². The topological polar surface area (TPSA) is 86.5 Å². The number of fused-ring (bicyclic) bond motifs is 1. The summed E-state index contributed by atoms with van der Waals surface area (Å²) in [5.41, 5.74) is 5.46. The molecule has 4 rings (SSSR count). The quantitative estimate of drug-likeness (QED) is 0.296. The highest BCUT2D eigenvalue weighted by Gasteiger charge is 2.25. The molecule has 4 aromatic rings. The van der Waals surface area contributed by atoms with Crippen LogP contribution < -0.4 is 4.74 Å². The molecule has 0 amide bonds. The number of aliphatic carboxylic acids is 1. The maximum absolute atomic E-state index is 11.8. The predicted molar refractivity (Wildman–Crippen MR) is 133 cm³/mol. The van der Waals surface area contributed by atoms with Crippen molar-refractivity contribution in [1.29, 1.82) is 0 Å². The van der Waals surface area contributed by atoms with Crippen LogP contribution in [-0.4, -0.2) is 33.2 Å². The van der Waals surface area contributed by atoms with E-state index in [1.54, 1.807) is 7.11 Å². The first-order chi connectivity index (χ1) is 16.4. The number of ether oxygens (including phenoxy) is 2. The van der Waals surface area contributed by atoms with E-state index >= 15 is 0 Å². The van der Waals surface area contributed by atoms with E-state index in [9.17, 15) is 9.90 Å². The molecule has 2 heterocycles. The lowest BCUT2D eigenvalue weighted by Crippen LogP contribution is -2.08. The minimum absolute atomic E-state index is 0.0444. The molecule has 0 aliphatic heterocycles. The van der Waals surface area contributed by atoms with E-state index in [1.807, 2.05) is 61.0 Å². The molecule has 1 N–H and O–H groups in total. The monoisotopic (exact) mass is 499 g/mol. The molecule has 0 fully saturated rings. The number of aryl methyl sites for hydroxylation is 2. The van der Waals surface area contributed by atoms with E-state index in [0.29, 0.717) is 24.1 Å². The molecule has 0 bridgehead atoms. The normalized spacial score (nSPS) is 12.2. The van der Waals surface area contributed by atoms with Crippen LogP contribution in [0.25, 0.3) is 11.0 Å². The number of hydrogen-bond acceptors (Lipinski definition) is 6. The summed E-state index contributed by atoms with van der Waals surface area (Å²) >= 11 is 7.94. The summed E-state index contributed by atoms with van der Waals surface area (Å²) in [6.07, 6.45) is -0.0444. The highest BCUT2D eigenvalue weighted by atomic mass is 35.5. The molecule has 9 heteroatoms. The molecular weight excluding hydrogens is 474 g/mol. The predicted octanol–water partition coefficient (Wildman–Crippen LogP) is 5.81. The van der Waals surface area contributed by atoms with Gasteiger partial charge < -0.3 is 14.6 Å². The molecule has 0 spiro atoms. The molecular formula is C25H26ClN3O4S. The number of carboxylic acid groups (broad SMARTS) is 1. The van der Waals surface area contributed by atoms with Crippen LogP contribution in [0, 0.1) is 6.92 Å². The van der Waals surface area contributed by atoms with Gasteiger partial charge in [-0.15, -0.1) is 16.4 Å². The van der Waals surface area contributed by atoms with Crippen molar-refractivity contribution in [2.45, 2.75) is 45.9 Å². The summed E-state index contributed by atoms with van der Waals surface area (Å²) in [7, 11) is 1.63. The Hall–Kier alpha value is -2.94. The van der Waals surface area contributed by atoms with Gasteiger partial charge >= 0.3 is 5.97 Å². The van der Waals surface area contributed by atoms with E-state index < -0.39 is 5.97 Å². The molecule has 0 saturated carbocycles. The highest BCUT2D eigenvalue weighted by molar-refractivity contribution is 7.16. The van der Waals surface area contributed by atoms with Gasteiger partial charge in [-0.3, -0.25) is 4.79 Å². The van der Waals surface area contributed by atoms with Gasteiger partial charge in [-0.05, 0) is 54.8 Å². The number of carbonyl (C=O) groups is 1. The Bertz CT molecular complexity index is 1300. The second-order valence-electron chi connectivity index (χ2n) is 7.99. The van der Waals surface area contributed by atoms with Crippen molar-refractivity contribution in [2.75, 3.05) is 7.11 Å². The molecule has 0 radical (unpaired) electrons. The molecule has 0 saturated heterocycles. The maximum atomic E-state index is 11.8. The number of benzene rings is 2. The van der Waals surface area contributed by atoms with E-state index in [1.165, 1.54) is 11.3 Å². The summed E-state index contributed by atoms with van der Waals surface area (Å²) < 4.78 is 13.5. The van der Waals surface area contributed by atoms with Crippen LogP contribution in [0.2, 0.25) is 4.34 Å². The van der Waals surface area contributed by atoms with Crippen LogP contribution in [0.5, 0.6) is 5.75 Å². The minimum atomic E-state index is -0.872. The number of carboxylic acids is 1. The number of methoxy groups -OCH3 is 1. The number of rotatable bonds is 10. The summed E-state index contributed by atoms with van der Waals surface area (Å²) in [4.78, 5) is 12.6. The fourth-order valence-electron chi connectivity index (χ4n) is 4.03. The Morgan fingerprint density at radius 3 is 2.65 bits per heavy atom. The zero-order chi connectivity index (χ0) is 24.2. The number of thiophene rings is 1. The first-order valence-electron chi connectivity index (χ1n) is 10.9. The second kappa shape index (κ2) is 10.5. The Morgan fingerprint density at radius 1 is 1.21 bits per heavy atom. The standard InChI is InChI=1S/C25H26ClN3O4S/c1-4-29-21-10-9-19(15(2)24(21)27-28-29)20(12-23(30)31)22-11-17(25(26)34-22)14-33-13-16-5-7-18(32-3)8-6-16/h5-11,20H,4,12-14H2,1-3H3,(H,30,31). The van der Waals surface area contributed by atoms with Crippen LogP contribution in [0.15, 0.2) is 42.5 Å². The van der Waals surface area contributed by atoms with Crippen molar-refractivity contribution in [1.82, 2.24) is 15.0 Å². The lowest BCUT2D eigenvalue weighted by atomic mass is 9.89. The van der Waals surface area contributed by atoms with Gasteiger partial charge in [0, 0.05) is 22.9 Å². The number of aromatic nitrogens is 3. The first kappa shape index (κ1) is 24.2. The number of nitrogens with zero attached hydrogens (tertiary/aromatic N) is 3. The van der Waals surface area contributed by atoms with Crippen molar-refractivity contribution >= 4 is 39.9 Å². The van der Waals surface area contributed by atoms with Crippen molar-refractivity contribution < 1.29 is 19.4 Å². The summed E-state index contributed by atoms with van der Waals surface area (Å²) in [6, 6.07) is 13.6. The largest absolute Gasteiger partial charge is 0.497 e. The highest BCUT2D eigenvalue weighted by Crippen LogP contribution is 2.40. The van der Waals surface area contributed by atoms with Crippen LogP contribution in [0.4, 0.5) is 0 Å². The fraction of sp³-hybridized carbons (Fsp3) is 0.320. The Balaban J connectivity index is 1.56. The minimum Gasteiger partial charge on any atom is -0.497 e. The van der Waals surface area contributed by atoms with Gasteiger partial charge in [-0.1, -0.05) is 35.0 Å². The van der Waals surface area contributed by atoms with Crippen molar-refractivity contribution in [3.63, 3.8) is 0 Å². The van der Waals surface area contributed by atoms with Gasteiger partial charge in [0.15, 0.2) is 0 Å². The van der Waals surface area contributed by atoms with Gasteiger partial charge in [-0.2, -0.15) is 0 Å². The molecule has 7 nitrogen and oxygen atoms in total. The lowest BCUT2D eigenvalue weighted by Gasteiger charge is -2.17. The van der Waals surface area contributed by atoms with Crippen LogP contribution >= 0.6 is 22.9 Å². The fourth-order valence-corrected chi connectivity index (χ4v) is 5.42. The smallest absolute Gasteiger partial charge is 0.304 e. The summed E-state index contributed by atoms with van der Waals surface area (Å²) in [6.45, 7) is 5.47. The second-order valence-corrected chi connectivity index (χ2v) is 9.68.